The summed E-state index contributed by atoms with van der Waals surface area (Å²) in [5.74, 6) is 0. The molecule has 0 amide bonds. The van der Waals surface area contributed by atoms with Crippen LogP contribution in [0.5, 0.6) is 0 Å². The van der Waals surface area contributed by atoms with Crippen molar-refractivity contribution in [3.63, 3.8) is 0 Å². The molecular weight excluding hydrogens is 639 g/mol. The Hall–Kier alpha value is -6.18. The first kappa shape index (κ1) is 32.7. The van der Waals surface area contributed by atoms with Gasteiger partial charge in [-0.1, -0.05) is 166 Å². The van der Waals surface area contributed by atoms with Crippen LogP contribution in [0.3, 0.4) is 0 Å². The van der Waals surface area contributed by atoms with E-state index in [-0.39, 0.29) is 5.41 Å². The molecule has 0 bridgehead atoms. The van der Waals surface area contributed by atoms with Gasteiger partial charge in [-0.15, -0.1) is 0 Å². The third kappa shape index (κ3) is 4.91. The third-order valence-electron chi connectivity index (χ3n) is 11.7. The summed E-state index contributed by atoms with van der Waals surface area (Å²) in [6.07, 6.45) is 2.08. The maximum atomic E-state index is 4.42. The van der Waals surface area contributed by atoms with Gasteiger partial charge in [0.05, 0.1) is 5.41 Å². The predicted octanol–water partition coefficient (Wildman–Crippen LogP) is 14.0. The minimum atomic E-state index is -0.520. The van der Waals surface area contributed by atoms with Crippen molar-refractivity contribution in [2.75, 3.05) is 4.90 Å². The van der Waals surface area contributed by atoms with Crippen molar-refractivity contribution < 1.29 is 0 Å². The topological polar surface area (TPSA) is 3.24 Å². The average molecular weight is 682 g/mol. The molecular formula is C52H43N. The molecule has 53 heavy (non-hydrogen) atoms. The molecule has 1 unspecified atom stereocenters. The van der Waals surface area contributed by atoms with Crippen molar-refractivity contribution in [2.45, 2.75) is 38.5 Å². The minimum Gasteiger partial charge on any atom is -0.310 e. The fraction of sp³-hybridized carbons (Fsp3) is 0.115. The highest BCUT2D eigenvalue weighted by Crippen LogP contribution is 2.58. The zero-order valence-corrected chi connectivity index (χ0v) is 30.9. The van der Waals surface area contributed by atoms with Crippen molar-refractivity contribution in [1.82, 2.24) is 0 Å². The van der Waals surface area contributed by atoms with Gasteiger partial charge in [0.25, 0.3) is 0 Å². The van der Waals surface area contributed by atoms with Gasteiger partial charge in [0.1, 0.15) is 0 Å². The second kappa shape index (κ2) is 12.5. The van der Waals surface area contributed by atoms with Crippen LogP contribution in [-0.2, 0) is 10.8 Å². The summed E-state index contributed by atoms with van der Waals surface area (Å²) < 4.78 is 0. The number of anilines is 3. The van der Waals surface area contributed by atoms with E-state index < -0.39 is 5.41 Å². The number of rotatable bonds is 7. The van der Waals surface area contributed by atoms with E-state index in [1.807, 2.05) is 0 Å². The van der Waals surface area contributed by atoms with Crippen LogP contribution in [-0.4, -0.2) is 0 Å². The molecule has 2 aliphatic rings. The van der Waals surface area contributed by atoms with E-state index in [9.17, 15) is 0 Å². The van der Waals surface area contributed by atoms with E-state index in [0.717, 1.165) is 17.1 Å². The Labute approximate surface area is 314 Å². The van der Waals surface area contributed by atoms with E-state index in [4.69, 9.17) is 0 Å². The lowest BCUT2D eigenvalue weighted by molar-refractivity contribution is 0.660. The van der Waals surface area contributed by atoms with Gasteiger partial charge < -0.3 is 4.90 Å². The molecule has 0 radical (unpaired) electrons. The van der Waals surface area contributed by atoms with Gasteiger partial charge in [-0.3, -0.25) is 0 Å². The molecule has 256 valence electrons. The van der Waals surface area contributed by atoms with Crippen molar-refractivity contribution in [3.8, 4) is 33.4 Å². The molecule has 0 aliphatic heterocycles. The first-order valence-electron chi connectivity index (χ1n) is 18.6. The monoisotopic (exact) mass is 681 g/mol. The Balaban J connectivity index is 1.30. The molecule has 0 fully saturated rings. The first-order valence-corrected chi connectivity index (χ1v) is 18.6. The van der Waals surface area contributed by atoms with E-state index in [1.165, 1.54) is 72.3 Å². The Morgan fingerprint density at radius 1 is 0.472 bits per heavy atom. The number of hydrogen-bond donors (Lipinski definition) is 0. The number of hydrogen-bond acceptors (Lipinski definition) is 1. The summed E-state index contributed by atoms with van der Waals surface area (Å²) in [7, 11) is 0. The smallest absolute Gasteiger partial charge is 0.0713 e. The lowest BCUT2D eigenvalue weighted by Gasteiger charge is -2.36. The third-order valence-corrected chi connectivity index (χ3v) is 11.7. The summed E-state index contributed by atoms with van der Waals surface area (Å²) >= 11 is 0. The maximum absolute atomic E-state index is 4.42. The molecule has 0 aromatic heterocycles. The predicted molar refractivity (Wildman–Crippen MR) is 224 cm³/mol. The van der Waals surface area contributed by atoms with Crippen LogP contribution in [0.1, 0.15) is 55.5 Å². The van der Waals surface area contributed by atoms with E-state index in [1.54, 1.807) is 0 Å². The quantitative estimate of drug-likeness (QED) is 0.151. The highest BCUT2D eigenvalue weighted by atomic mass is 15.1. The Morgan fingerprint density at radius 3 is 1.57 bits per heavy atom. The molecule has 0 saturated carbocycles. The Bertz CT molecular complexity index is 2550. The van der Waals surface area contributed by atoms with E-state index in [2.05, 4.69) is 215 Å². The molecule has 0 N–H and O–H groups in total. The highest BCUT2D eigenvalue weighted by molar-refractivity contribution is 5.91. The van der Waals surface area contributed by atoms with Crippen LogP contribution in [0.2, 0.25) is 0 Å². The number of benzene rings is 7. The van der Waals surface area contributed by atoms with Gasteiger partial charge >= 0.3 is 0 Å². The van der Waals surface area contributed by atoms with Gasteiger partial charge in [0.2, 0.25) is 0 Å². The second-order valence-corrected chi connectivity index (χ2v) is 15.2. The van der Waals surface area contributed by atoms with Crippen LogP contribution in [0.15, 0.2) is 194 Å². The standard InChI is InChI=1S/C52H43N/c1-6-46(35(2)3)52(38-19-11-8-12-20-38)48-24-16-14-22-43(48)45-32-30-41(34-50(45)52)53(39-27-25-37(26-28-39)36-17-9-7-10-18-36)40-29-31-44-42-21-13-15-23-47(42)51(4,5)49(44)33-40/h6-34H,1H2,2-5H3. The lowest BCUT2D eigenvalue weighted by Crippen LogP contribution is -2.30. The Kier molecular flexibility index (Phi) is 7.71. The van der Waals surface area contributed by atoms with Gasteiger partial charge in [0, 0.05) is 22.5 Å². The summed E-state index contributed by atoms with van der Waals surface area (Å²) in [6, 6.07) is 62.7. The van der Waals surface area contributed by atoms with Crippen LogP contribution >= 0.6 is 0 Å². The number of fused-ring (bicyclic) bond motifs is 6. The molecule has 1 atom stereocenters. The Morgan fingerprint density at radius 2 is 0.943 bits per heavy atom. The summed E-state index contributed by atoms with van der Waals surface area (Å²) in [5.41, 5.74) is 19.4. The van der Waals surface area contributed by atoms with Gasteiger partial charge in [0.15, 0.2) is 0 Å². The summed E-state index contributed by atoms with van der Waals surface area (Å²) in [4.78, 5) is 2.45. The zero-order valence-electron chi connectivity index (χ0n) is 30.9. The molecule has 0 saturated heterocycles. The fourth-order valence-electron chi connectivity index (χ4n) is 9.30. The van der Waals surface area contributed by atoms with E-state index >= 15 is 0 Å². The van der Waals surface area contributed by atoms with Gasteiger partial charge in [-0.2, -0.15) is 0 Å². The lowest BCUT2D eigenvalue weighted by atomic mass is 9.66. The molecule has 1 heteroatoms. The fourth-order valence-corrected chi connectivity index (χ4v) is 9.30. The molecule has 7 aromatic carbocycles. The minimum absolute atomic E-state index is 0.116. The number of allylic oxidation sites excluding steroid dienone is 3. The molecule has 1 nitrogen and oxygen atoms in total. The molecule has 0 heterocycles. The van der Waals surface area contributed by atoms with Gasteiger partial charge in [-0.25, -0.2) is 0 Å². The molecule has 9 rings (SSSR count). The van der Waals surface area contributed by atoms with Crippen molar-refractivity contribution in [1.29, 1.82) is 0 Å². The molecule has 2 aliphatic carbocycles. The van der Waals surface area contributed by atoms with Crippen molar-refractivity contribution in [3.05, 3.63) is 221 Å². The highest BCUT2D eigenvalue weighted by Gasteiger charge is 2.47. The second-order valence-electron chi connectivity index (χ2n) is 15.2. The van der Waals surface area contributed by atoms with E-state index in [0.29, 0.717) is 0 Å². The molecule has 7 aromatic rings. The van der Waals surface area contributed by atoms with Crippen molar-refractivity contribution >= 4 is 17.1 Å². The van der Waals surface area contributed by atoms with Crippen LogP contribution in [0.25, 0.3) is 33.4 Å². The summed E-state index contributed by atoms with van der Waals surface area (Å²) in [5, 5.41) is 0. The number of nitrogens with zero attached hydrogens (tertiary/aromatic N) is 1. The SMILES string of the molecule is C=CC(=C(C)C)C1(c2ccccc2)c2ccccc2-c2ccc(N(c3ccc(-c4ccccc4)cc3)c3ccc4c(c3)C(C)(C)c3ccccc3-4)cc21. The van der Waals surface area contributed by atoms with Crippen LogP contribution in [0, 0.1) is 0 Å². The van der Waals surface area contributed by atoms with Crippen LogP contribution in [0.4, 0.5) is 17.1 Å². The first-order chi connectivity index (χ1) is 25.8. The molecule has 0 spiro atoms. The van der Waals surface area contributed by atoms with Crippen LogP contribution < -0.4 is 4.90 Å². The largest absolute Gasteiger partial charge is 0.310 e. The van der Waals surface area contributed by atoms with Crippen molar-refractivity contribution in [2.24, 2.45) is 0 Å². The zero-order chi connectivity index (χ0) is 36.3. The average Bonchev–Trinajstić information content (AvgIpc) is 3.61. The normalized spacial score (nSPS) is 15.8. The summed E-state index contributed by atoms with van der Waals surface area (Å²) in [6.45, 7) is 13.6. The maximum Gasteiger partial charge on any atom is 0.0713 e. The van der Waals surface area contributed by atoms with Gasteiger partial charge in [-0.05, 0) is 117 Å².